The number of hydrogen-bond acceptors (Lipinski definition) is 2. The van der Waals surface area contributed by atoms with Crippen molar-refractivity contribution in [2.75, 3.05) is 25.0 Å². The fourth-order valence-electron chi connectivity index (χ4n) is 4.00. The molecule has 2 aromatic carbocycles. The van der Waals surface area contributed by atoms with E-state index in [1.54, 1.807) is 0 Å². The summed E-state index contributed by atoms with van der Waals surface area (Å²) in [5.41, 5.74) is 4.46. The minimum absolute atomic E-state index is 0.0639. The van der Waals surface area contributed by atoms with E-state index in [2.05, 4.69) is 35.6 Å². The van der Waals surface area contributed by atoms with Crippen LogP contribution in [0.3, 0.4) is 0 Å². The number of carbonyl (C=O) groups is 1. The fraction of sp³-hybridized carbons (Fsp3) is 0.435. The van der Waals surface area contributed by atoms with Gasteiger partial charge in [-0.3, -0.25) is 0 Å². The molecular formula is C23H30N2O2. The lowest BCUT2D eigenvalue weighted by Gasteiger charge is -2.18. The highest BCUT2D eigenvalue weighted by atomic mass is 16.3. The van der Waals surface area contributed by atoms with Crippen LogP contribution in [0.15, 0.2) is 48.5 Å². The molecular weight excluding hydrogens is 336 g/mol. The number of anilines is 1. The molecule has 0 aliphatic carbocycles. The molecule has 0 spiro atoms. The van der Waals surface area contributed by atoms with Crippen LogP contribution in [0.5, 0.6) is 0 Å². The normalized spacial score (nSPS) is 19.3. The molecule has 2 atom stereocenters. The minimum atomic E-state index is -0.0639. The van der Waals surface area contributed by atoms with Gasteiger partial charge in [0.05, 0.1) is 0 Å². The third-order valence-electron chi connectivity index (χ3n) is 5.60. The van der Waals surface area contributed by atoms with E-state index in [-0.39, 0.29) is 18.6 Å². The molecule has 0 aromatic heterocycles. The summed E-state index contributed by atoms with van der Waals surface area (Å²) in [6, 6.07) is 16.5. The maximum atomic E-state index is 12.7. The maximum absolute atomic E-state index is 12.7. The van der Waals surface area contributed by atoms with Gasteiger partial charge in [-0.1, -0.05) is 48.0 Å². The molecule has 0 unspecified atom stereocenters. The van der Waals surface area contributed by atoms with E-state index in [9.17, 15) is 9.90 Å². The summed E-state index contributed by atoms with van der Waals surface area (Å²) in [6.45, 7) is 5.55. The summed E-state index contributed by atoms with van der Waals surface area (Å²) in [4.78, 5) is 14.5. The first kappa shape index (κ1) is 19.4. The monoisotopic (exact) mass is 366 g/mol. The van der Waals surface area contributed by atoms with Crippen molar-refractivity contribution in [1.82, 2.24) is 4.90 Å². The van der Waals surface area contributed by atoms with Gasteiger partial charge in [0, 0.05) is 31.3 Å². The summed E-state index contributed by atoms with van der Waals surface area (Å²) < 4.78 is 0. The van der Waals surface area contributed by atoms with Crippen molar-refractivity contribution in [3.05, 3.63) is 65.2 Å². The van der Waals surface area contributed by atoms with Gasteiger partial charge in [0.2, 0.25) is 0 Å². The molecule has 0 saturated carbocycles. The molecule has 3 rings (SSSR count). The molecule has 144 valence electrons. The third-order valence-corrected chi connectivity index (χ3v) is 5.60. The van der Waals surface area contributed by atoms with Gasteiger partial charge in [0.25, 0.3) is 0 Å². The van der Waals surface area contributed by atoms with Crippen LogP contribution >= 0.6 is 0 Å². The number of aliphatic hydroxyl groups excluding tert-OH is 1. The lowest BCUT2D eigenvalue weighted by atomic mass is 9.91. The van der Waals surface area contributed by atoms with Crippen molar-refractivity contribution < 1.29 is 9.90 Å². The Morgan fingerprint density at radius 1 is 1.11 bits per heavy atom. The van der Waals surface area contributed by atoms with Gasteiger partial charge in [0.1, 0.15) is 0 Å². The molecule has 27 heavy (non-hydrogen) atoms. The van der Waals surface area contributed by atoms with E-state index < -0.39 is 0 Å². The molecule has 2 amide bonds. The first-order valence-corrected chi connectivity index (χ1v) is 9.85. The molecule has 1 heterocycles. The number of nitrogens with zero attached hydrogens (tertiary/aromatic N) is 1. The van der Waals surface area contributed by atoms with E-state index in [1.807, 2.05) is 36.9 Å². The Kier molecular flexibility index (Phi) is 6.51. The van der Waals surface area contributed by atoms with Crippen LogP contribution in [0.25, 0.3) is 0 Å². The number of nitrogens with one attached hydrogen (secondary N) is 1. The molecule has 1 fully saturated rings. The smallest absolute Gasteiger partial charge is 0.321 e. The predicted molar refractivity (Wildman–Crippen MR) is 110 cm³/mol. The number of aliphatic hydroxyl groups is 1. The molecule has 1 aliphatic heterocycles. The van der Waals surface area contributed by atoms with E-state index in [4.69, 9.17) is 0 Å². The van der Waals surface area contributed by atoms with E-state index in [0.717, 1.165) is 37.1 Å². The number of urea groups is 1. The predicted octanol–water partition coefficient (Wildman–Crippen LogP) is 4.40. The van der Waals surface area contributed by atoms with Crippen molar-refractivity contribution in [2.24, 2.45) is 11.8 Å². The second kappa shape index (κ2) is 9.05. The minimum Gasteiger partial charge on any atom is -0.396 e. The van der Waals surface area contributed by atoms with Crippen LogP contribution in [0.2, 0.25) is 0 Å². The Hall–Kier alpha value is -2.33. The first-order valence-electron chi connectivity index (χ1n) is 9.85. The SMILES string of the molecule is Cc1ccc(NC(=O)N2C[C@@H](CCCc3ccccc3)[C@@H](CO)C2)c(C)c1. The molecule has 0 bridgehead atoms. The summed E-state index contributed by atoms with van der Waals surface area (Å²) in [7, 11) is 0. The number of aryl methyl sites for hydroxylation is 3. The van der Waals surface area contributed by atoms with Crippen LogP contribution in [0, 0.1) is 25.7 Å². The molecule has 1 saturated heterocycles. The number of carbonyl (C=O) groups excluding carboxylic acids is 1. The van der Waals surface area contributed by atoms with Gasteiger partial charge in [-0.05, 0) is 56.2 Å². The van der Waals surface area contributed by atoms with Crippen molar-refractivity contribution in [1.29, 1.82) is 0 Å². The van der Waals surface area contributed by atoms with Gasteiger partial charge < -0.3 is 15.3 Å². The van der Waals surface area contributed by atoms with Gasteiger partial charge in [-0.25, -0.2) is 4.79 Å². The van der Waals surface area contributed by atoms with Gasteiger partial charge in [0.15, 0.2) is 0 Å². The second-order valence-corrected chi connectivity index (χ2v) is 7.73. The highest BCUT2D eigenvalue weighted by Gasteiger charge is 2.34. The van der Waals surface area contributed by atoms with Crippen LogP contribution in [0.1, 0.15) is 29.5 Å². The first-order chi connectivity index (χ1) is 13.1. The summed E-state index contributed by atoms with van der Waals surface area (Å²) in [6.07, 6.45) is 3.16. The van der Waals surface area contributed by atoms with Gasteiger partial charge in [-0.15, -0.1) is 0 Å². The molecule has 0 radical (unpaired) electrons. The zero-order chi connectivity index (χ0) is 19.2. The molecule has 2 N–H and O–H groups in total. The number of amides is 2. The maximum Gasteiger partial charge on any atom is 0.321 e. The molecule has 1 aliphatic rings. The van der Waals surface area contributed by atoms with Crippen LogP contribution in [0.4, 0.5) is 10.5 Å². The Labute approximate surface area is 162 Å². The lowest BCUT2D eigenvalue weighted by Crippen LogP contribution is -2.33. The fourth-order valence-corrected chi connectivity index (χ4v) is 4.00. The average molecular weight is 367 g/mol. The van der Waals surface area contributed by atoms with E-state index >= 15 is 0 Å². The summed E-state index contributed by atoms with van der Waals surface area (Å²) in [5.74, 6) is 0.536. The van der Waals surface area contributed by atoms with Gasteiger partial charge in [-0.2, -0.15) is 0 Å². The Morgan fingerprint density at radius 2 is 1.85 bits per heavy atom. The van der Waals surface area contributed by atoms with Crippen LogP contribution < -0.4 is 5.32 Å². The van der Waals surface area contributed by atoms with E-state index in [1.165, 1.54) is 11.1 Å². The number of hydrogen-bond donors (Lipinski definition) is 2. The van der Waals surface area contributed by atoms with Crippen molar-refractivity contribution in [2.45, 2.75) is 33.1 Å². The highest BCUT2D eigenvalue weighted by molar-refractivity contribution is 5.90. The standard InChI is InChI=1S/C23H30N2O2/c1-17-11-12-22(18(2)13-17)24-23(27)25-14-20(21(15-25)16-26)10-6-9-19-7-4-3-5-8-19/h3-5,7-8,11-13,20-21,26H,6,9-10,14-16H2,1-2H3,(H,24,27)/t20-,21-/m1/s1. The van der Waals surface area contributed by atoms with Crippen LogP contribution in [-0.4, -0.2) is 35.7 Å². The number of benzene rings is 2. The lowest BCUT2D eigenvalue weighted by molar-refractivity contribution is 0.195. The average Bonchev–Trinajstić information content (AvgIpc) is 3.08. The Morgan fingerprint density at radius 3 is 2.56 bits per heavy atom. The number of likely N-dealkylation sites (tertiary alicyclic amines) is 1. The van der Waals surface area contributed by atoms with Gasteiger partial charge >= 0.3 is 6.03 Å². The topological polar surface area (TPSA) is 52.6 Å². The molecule has 4 heteroatoms. The Balaban J connectivity index is 1.54. The molecule has 4 nitrogen and oxygen atoms in total. The number of rotatable bonds is 6. The third kappa shape index (κ3) is 5.10. The van der Waals surface area contributed by atoms with Crippen molar-refractivity contribution >= 4 is 11.7 Å². The zero-order valence-electron chi connectivity index (χ0n) is 16.3. The van der Waals surface area contributed by atoms with Crippen LogP contribution in [-0.2, 0) is 6.42 Å². The van der Waals surface area contributed by atoms with Crippen molar-refractivity contribution in [3.63, 3.8) is 0 Å². The zero-order valence-corrected chi connectivity index (χ0v) is 16.3. The largest absolute Gasteiger partial charge is 0.396 e. The quantitative estimate of drug-likeness (QED) is 0.796. The van der Waals surface area contributed by atoms with Crippen molar-refractivity contribution in [3.8, 4) is 0 Å². The second-order valence-electron chi connectivity index (χ2n) is 7.73. The Bertz CT molecular complexity index is 760. The summed E-state index contributed by atoms with van der Waals surface area (Å²) >= 11 is 0. The molecule has 2 aromatic rings. The van der Waals surface area contributed by atoms with E-state index in [0.29, 0.717) is 12.5 Å². The highest BCUT2D eigenvalue weighted by Crippen LogP contribution is 2.28. The summed E-state index contributed by atoms with van der Waals surface area (Å²) in [5, 5.41) is 12.8.